The highest BCUT2D eigenvalue weighted by Crippen LogP contribution is 2.22. The molecule has 1 amide bonds. The van der Waals surface area contributed by atoms with Gasteiger partial charge in [0.25, 0.3) is 0 Å². The van der Waals surface area contributed by atoms with Gasteiger partial charge in [0, 0.05) is 12.7 Å². The minimum absolute atomic E-state index is 0.256. The Morgan fingerprint density at radius 1 is 1.45 bits per heavy atom. The van der Waals surface area contributed by atoms with Crippen LogP contribution in [-0.2, 0) is 4.79 Å². The van der Waals surface area contributed by atoms with Crippen molar-refractivity contribution in [2.45, 2.75) is 38.5 Å². The predicted molar refractivity (Wildman–Crippen MR) is 82.4 cm³/mol. The number of likely N-dealkylation sites (N-methyl/N-ethyl adjacent to an activating group) is 1. The third kappa shape index (κ3) is 4.32. The zero-order valence-corrected chi connectivity index (χ0v) is 13.0. The summed E-state index contributed by atoms with van der Waals surface area (Å²) in [5.74, 6) is 1.09. The van der Waals surface area contributed by atoms with Crippen LogP contribution in [0, 0.1) is 5.92 Å². The zero-order valence-electron chi connectivity index (χ0n) is 13.0. The van der Waals surface area contributed by atoms with Gasteiger partial charge in [-0.15, -0.1) is 0 Å². The van der Waals surface area contributed by atoms with E-state index in [0.717, 1.165) is 38.4 Å². The first kappa shape index (κ1) is 15.5. The van der Waals surface area contributed by atoms with Crippen LogP contribution in [0.1, 0.15) is 38.5 Å². The molecule has 0 saturated carbocycles. The Labute approximate surface area is 123 Å². The van der Waals surface area contributed by atoms with Crippen LogP contribution in [0.5, 0.6) is 0 Å². The maximum atomic E-state index is 12.3. The number of hydrogen-bond donors (Lipinski definition) is 1. The highest BCUT2D eigenvalue weighted by molar-refractivity contribution is 5.79. The monoisotopic (exact) mass is 279 g/mol. The SMILES string of the molecule is CNCCC1CCN(CC(=O)N(C)C2=CCCC2)CC1. The van der Waals surface area contributed by atoms with Gasteiger partial charge in [0.05, 0.1) is 6.54 Å². The van der Waals surface area contributed by atoms with Crippen LogP contribution < -0.4 is 5.32 Å². The van der Waals surface area contributed by atoms with Crippen LogP contribution in [0.2, 0.25) is 0 Å². The fourth-order valence-corrected chi connectivity index (χ4v) is 3.20. The summed E-state index contributed by atoms with van der Waals surface area (Å²) in [6.07, 6.45) is 9.34. The Morgan fingerprint density at radius 3 is 2.80 bits per heavy atom. The van der Waals surface area contributed by atoms with Crippen LogP contribution in [0.4, 0.5) is 0 Å². The number of carbonyl (C=O) groups excluding carboxylic acids is 1. The topological polar surface area (TPSA) is 35.6 Å². The molecule has 0 aromatic heterocycles. The second kappa shape index (κ2) is 7.79. The highest BCUT2D eigenvalue weighted by atomic mass is 16.2. The lowest BCUT2D eigenvalue weighted by molar-refractivity contribution is -0.129. The molecule has 1 saturated heterocycles. The number of piperidine rings is 1. The fourth-order valence-electron chi connectivity index (χ4n) is 3.20. The molecule has 1 N–H and O–H groups in total. The van der Waals surface area contributed by atoms with Gasteiger partial charge in [0.15, 0.2) is 0 Å². The number of carbonyl (C=O) groups is 1. The molecule has 0 spiro atoms. The number of rotatable bonds is 6. The minimum atomic E-state index is 0.256. The van der Waals surface area contributed by atoms with E-state index in [-0.39, 0.29) is 5.91 Å². The molecule has 114 valence electrons. The van der Waals surface area contributed by atoms with Crippen molar-refractivity contribution < 1.29 is 4.79 Å². The van der Waals surface area contributed by atoms with E-state index in [1.807, 2.05) is 19.0 Å². The van der Waals surface area contributed by atoms with Crippen molar-refractivity contribution >= 4 is 5.91 Å². The van der Waals surface area contributed by atoms with Gasteiger partial charge in [-0.25, -0.2) is 0 Å². The average Bonchev–Trinajstić information content (AvgIpc) is 3.00. The maximum Gasteiger partial charge on any atom is 0.240 e. The Balaban J connectivity index is 1.70. The zero-order chi connectivity index (χ0) is 14.4. The van der Waals surface area contributed by atoms with E-state index < -0.39 is 0 Å². The van der Waals surface area contributed by atoms with Crippen LogP contribution in [0.15, 0.2) is 11.8 Å². The molecule has 1 aliphatic heterocycles. The number of nitrogens with one attached hydrogen (secondary N) is 1. The van der Waals surface area contributed by atoms with Crippen molar-refractivity contribution in [2.24, 2.45) is 5.92 Å². The lowest BCUT2D eigenvalue weighted by Crippen LogP contribution is -2.42. The summed E-state index contributed by atoms with van der Waals surface area (Å²) < 4.78 is 0. The average molecular weight is 279 g/mol. The molecule has 1 aliphatic carbocycles. The van der Waals surface area contributed by atoms with Crippen molar-refractivity contribution in [3.8, 4) is 0 Å². The summed E-state index contributed by atoms with van der Waals surface area (Å²) in [5.41, 5.74) is 1.22. The highest BCUT2D eigenvalue weighted by Gasteiger charge is 2.23. The van der Waals surface area contributed by atoms with E-state index >= 15 is 0 Å². The van der Waals surface area contributed by atoms with Crippen LogP contribution in [0.25, 0.3) is 0 Å². The first-order chi connectivity index (χ1) is 9.70. The second-order valence-corrected chi connectivity index (χ2v) is 6.15. The maximum absolute atomic E-state index is 12.3. The van der Waals surface area contributed by atoms with E-state index in [9.17, 15) is 4.79 Å². The third-order valence-corrected chi connectivity index (χ3v) is 4.69. The third-order valence-electron chi connectivity index (χ3n) is 4.69. The molecule has 2 aliphatic rings. The quantitative estimate of drug-likeness (QED) is 0.806. The van der Waals surface area contributed by atoms with Crippen LogP contribution in [0.3, 0.4) is 0 Å². The van der Waals surface area contributed by atoms with Gasteiger partial charge in [-0.05, 0) is 71.1 Å². The van der Waals surface area contributed by atoms with Gasteiger partial charge in [-0.1, -0.05) is 6.08 Å². The lowest BCUT2D eigenvalue weighted by Gasteiger charge is -2.32. The van der Waals surface area contributed by atoms with E-state index in [0.29, 0.717) is 6.54 Å². The summed E-state index contributed by atoms with van der Waals surface area (Å²) in [6, 6.07) is 0. The van der Waals surface area contributed by atoms with Gasteiger partial charge in [0.1, 0.15) is 0 Å². The summed E-state index contributed by atoms with van der Waals surface area (Å²) in [5, 5.41) is 3.22. The molecule has 0 atom stereocenters. The molecule has 0 unspecified atom stereocenters. The number of nitrogens with zero attached hydrogens (tertiary/aromatic N) is 2. The van der Waals surface area contributed by atoms with Gasteiger partial charge < -0.3 is 10.2 Å². The molecule has 4 nitrogen and oxygen atoms in total. The van der Waals surface area contributed by atoms with Gasteiger partial charge in [-0.2, -0.15) is 0 Å². The summed E-state index contributed by atoms with van der Waals surface area (Å²) in [7, 11) is 3.94. The standard InChI is InChI=1S/C16H29N3O/c1-17-10-7-14-8-11-19(12-9-14)13-16(20)18(2)15-5-3-4-6-15/h5,14,17H,3-4,6-13H2,1-2H3. The van der Waals surface area contributed by atoms with Crippen molar-refractivity contribution in [1.82, 2.24) is 15.1 Å². The predicted octanol–water partition coefficient (Wildman–Crippen LogP) is 1.83. The van der Waals surface area contributed by atoms with E-state index in [2.05, 4.69) is 16.3 Å². The van der Waals surface area contributed by atoms with Crippen LogP contribution in [-0.4, -0.2) is 56.0 Å². The largest absolute Gasteiger partial charge is 0.320 e. The van der Waals surface area contributed by atoms with Crippen molar-refractivity contribution in [3.05, 3.63) is 11.8 Å². The van der Waals surface area contributed by atoms with Crippen molar-refractivity contribution in [3.63, 3.8) is 0 Å². The van der Waals surface area contributed by atoms with E-state index in [1.165, 1.54) is 31.4 Å². The minimum Gasteiger partial charge on any atom is -0.320 e. The van der Waals surface area contributed by atoms with E-state index in [4.69, 9.17) is 0 Å². The Kier molecular flexibility index (Phi) is 6.05. The smallest absolute Gasteiger partial charge is 0.240 e. The Hall–Kier alpha value is -0.870. The van der Waals surface area contributed by atoms with Crippen molar-refractivity contribution in [2.75, 3.05) is 40.3 Å². The molecule has 0 aromatic carbocycles. The summed E-state index contributed by atoms with van der Waals surface area (Å²) in [6.45, 7) is 3.85. The normalized spacial score (nSPS) is 21.0. The summed E-state index contributed by atoms with van der Waals surface area (Å²) in [4.78, 5) is 16.5. The molecular formula is C16H29N3O. The lowest BCUT2D eigenvalue weighted by atomic mass is 9.93. The molecular weight excluding hydrogens is 250 g/mol. The van der Waals surface area contributed by atoms with E-state index in [1.54, 1.807) is 0 Å². The molecule has 0 aromatic rings. The molecule has 0 radical (unpaired) electrons. The molecule has 2 rings (SSSR count). The fraction of sp³-hybridized carbons (Fsp3) is 0.812. The van der Waals surface area contributed by atoms with Crippen molar-refractivity contribution in [1.29, 1.82) is 0 Å². The van der Waals surface area contributed by atoms with Gasteiger partial charge >= 0.3 is 0 Å². The Morgan fingerprint density at radius 2 is 2.20 bits per heavy atom. The van der Waals surface area contributed by atoms with Gasteiger partial charge in [0.2, 0.25) is 5.91 Å². The molecule has 1 heterocycles. The molecule has 20 heavy (non-hydrogen) atoms. The molecule has 4 heteroatoms. The molecule has 1 fully saturated rings. The first-order valence-electron chi connectivity index (χ1n) is 8.03. The van der Waals surface area contributed by atoms with Gasteiger partial charge in [-0.3, -0.25) is 9.69 Å². The Bertz CT molecular complexity index is 346. The second-order valence-electron chi connectivity index (χ2n) is 6.15. The first-order valence-corrected chi connectivity index (χ1v) is 8.03. The summed E-state index contributed by atoms with van der Waals surface area (Å²) >= 11 is 0. The number of hydrogen-bond acceptors (Lipinski definition) is 3. The number of allylic oxidation sites excluding steroid dienone is 2. The number of amides is 1. The van der Waals surface area contributed by atoms with Crippen LogP contribution >= 0.6 is 0 Å². The number of likely N-dealkylation sites (tertiary alicyclic amines) is 1. The molecule has 0 bridgehead atoms.